The molecule has 1 aromatic carbocycles. The fourth-order valence-electron chi connectivity index (χ4n) is 2.43. The number of carboxylic acid groups (broad SMARTS) is 1. The van der Waals surface area contributed by atoms with Gasteiger partial charge in [0.25, 0.3) is 0 Å². The Kier molecular flexibility index (Phi) is 4.32. The maximum Gasteiger partial charge on any atom is 0.337 e. The van der Waals surface area contributed by atoms with Gasteiger partial charge in [-0.25, -0.2) is 4.79 Å². The van der Waals surface area contributed by atoms with Crippen LogP contribution in [0.15, 0.2) is 18.2 Å². The maximum absolute atomic E-state index is 11.3. The molecule has 0 amide bonds. The SMILES string of the molecule is CC(C)N1CCN(c2cc(Cl)ccc2C(=O)O)CC1. The van der Waals surface area contributed by atoms with Crippen molar-refractivity contribution < 1.29 is 9.90 Å². The number of piperazine rings is 1. The summed E-state index contributed by atoms with van der Waals surface area (Å²) in [7, 11) is 0. The van der Waals surface area contributed by atoms with Crippen LogP contribution in [0, 0.1) is 0 Å². The Morgan fingerprint density at radius 2 is 1.89 bits per heavy atom. The van der Waals surface area contributed by atoms with Gasteiger partial charge in [-0.15, -0.1) is 0 Å². The smallest absolute Gasteiger partial charge is 0.337 e. The largest absolute Gasteiger partial charge is 0.478 e. The minimum absolute atomic E-state index is 0.322. The van der Waals surface area contributed by atoms with E-state index < -0.39 is 5.97 Å². The van der Waals surface area contributed by atoms with Crippen LogP contribution in [-0.2, 0) is 0 Å². The highest BCUT2D eigenvalue weighted by molar-refractivity contribution is 6.31. The van der Waals surface area contributed by atoms with Gasteiger partial charge in [0.15, 0.2) is 0 Å². The number of carbonyl (C=O) groups is 1. The van der Waals surface area contributed by atoms with Gasteiger partial charge in [0, 0.05) is 37.2 Å². The third-order valence-electron chi connectivity index (χ3n) is 3.58. The lowest BCUT2D eigenvalue weighted by molar-refractivity contribution is 0.0697. The molecule has 1 N–H and O–H groups in total. The molecule has 1 fully saturated rings. The van der Waals surface area contributed by atoms with Crippen LogP contribution in [0.4, 0.5) is 5.69 Å². The quantitative estimate of drug-likeness (QED) is 0.925. The van der Waals surface area contributed by atoms with E-state index in [1.807, 2.05) is 0 Å². The predicted molar refractivity (Wildman–Crippen MR) is 77.3 cm³/mol. The molecule has 0 atom stereocenters. The van der Waals surface area contributed by atoms with Crippen molar-refractivity contribution in [1.82, 2.24) is 4.90 Å². The van der Waals surface area contributed by atoms with Crippen LogP contribution in [0.2, 0.25) is 5.02 Å². The molecule has 104 valence electrons. The van der Waals surface area contributed by atoms with Crippen molar-refractivity contribution in [2.24, 2.45) is 0 Å². The maximum atomic E-state index is 11.3. The highest BCUT2D eigenvalue weighted by Gasteiger charge is 2.22. The first-order chi connectivity index (χ1) is 8.99. The molecule has 2 rings (SSSR count). The van der Waals surface area contributed by atoms with E-state index in [0.29, 0.717) is 16.6 Å². The van der Waals surface area contributed by atoms with E-state index in [0.717, 1.165) is 31.9 Å². The van der Waals surface area contributed by atoms with Crippen LogP contribution in [0.3, 0.4) is 0 Å². The van der Waals surface area contributed by atoms with Crippen molar-refractivity contribution in [3.05, 3.63) is 28.8 Å². The summed E-state index contributed by atoms with van der Waals surface area (Å²) in [6.45, 7) is 7.92. The summed E-state index contributed by atoms with van der Waals surface area (Å²) in [6, 6.07) is 5.48. The summed E-state index contributed by atoms with van der Waals surface area (Å²) >= 11 is 5.99. The van der Waals surface area contributed by atoms with Crippen molar-refractivity contribution in [3.8, 4) is 0 Å². The molecule has 0 aliphatic carbocycles. The van der Waals surface area contributed by atoms with Crippen molar-refractivity contribution in [2.45, 2.75) is 19.9 Å². The normalized spacial score (nSPS) is 16.9. The zero-order valence-electron chi connectivity index (χ0n) is 11.3. The summed E-state index contributed by atoms with van der Waals surface area (Å²) in [6.07, 6.45) is 0. The molecule has 0 saturated carbocycles. The number of halogens is 1. The van der Waals surface area contributed by atoms with Crippen LogP contribution >= 0.6 is 11.6 Å². The number of aromatic carboxylic acids is 1. The molecule has 0 aromatic heterocycles. The number of hydrogen-bond acceptors (Lipinski definition) is 3. The van der Waals surface area contributed by atoms with Crippen LogP contribution in [0.1, 0.15) is 24.2 Å². The zero-order valence-corrected chi connectivity index (χ0v) is 12.0. The molecule has 0 spiro atoms. The lowest BCUT2D eigenvalue weighted by atomic mass is 10.1. The Balaban J connectivity index is 2.19. The van der Waals surface area contributed by atoms with E-state index in [-0.39, 0.29) is 0 Å². The molecule has 1 heterocycles. The third kappa shape index (κ3) is 3.19. The molecule has 0 unspecified atom stereocenters. The molecule has 1 aromatic rings. The van der Waals surface area contributed by atoms with Gasteiger partial charge in [-0.3, -0.25) is 4.90 Å². The van der Waals surface area contributed by atoms with Gasteiger partial charge in [-0.1, -0.05) is 11.6 Å². The van der Waals surface area contributed by atoms with Gasteiger partial charge >= 0.3 is 5.97 Å². The number of rotatable bonds is 3. The van der Waals surface area contributed by atoms with Gasteiger partial charge in [-0.05, 0) is 32.0 Å². The predicted octanol–water partition coefficient (Wildman–Crippen LogP) is 2.57. The Hall–Kier alpha value is -1.26. The standard InChI is InChI=1S/C14H19ClN2O2/c1-10(2)16-5-7-17(8-6-16)13-9-11(15)3-4-12(13)14(18)19/h3-4,9-10H,5-8H2,1-2H3,(H,18,19). The van der Waals surface area contributed by atoms with E-state index in [2.05, 4.69) is 23.6 Å². The minimum Gasteiger partial charge on any atom is -0.478 e. The first-order valence-corrected chi connectivity index (χ1v) is 6.88. The molecule has 5 heteroatoms. The number of benzene rings is 1. The van der Waals surface area contributed by atoms with E-state index in [1.165, 1.54) is 0 Å². The van der Waals surface area contributed by atoms with Gasteiger partial charge < -0.3 is 10.0 Å². The van der Waals surface area contributed by atoms with Crippen molar-refractivity contribution in [2.75, 3.05) is 31.1 Å². The average molecular weight is 283 g/mol. The molecule has 1 aliphatic rings. The van der Waals surface area contributed by atoms with Crippen molar-refractivity contribution in [1.29, 1.82) is 0 Å². The molecule has 4 nitrogen and oxygen atoms in total. The first-order valence-electron chi connectivity index (χ1n) is 6.51. The Bertz CT molecular complexity index is 469. The summed E-state index contributed by atoms with van der Waals surface area (Å²) < 4.78 is 0. The van der Waals surface area contributed by atoms with E-state index in [1.54, 1.807) is 18.2 Å². The summed E-state index contributed by atoms with van der Waals surface area (Å²) in [5, 5.41) is 9.82. The van der Waals surface area contributed by atoms with Crippen LogP contribution in [0.25, 0.3) is 0 Å². The summed E-state index contributed by atoms with van der Waals surface area (Å²) in [5.74, 6) is -0.905. The Morgan fingerprint density at radius 3 is 2.42 bits per heavy atom. The molecule has 19 heavy (non-hydrogen) atoms. The topological polar surface area (TPSA) is 43.8 Å². The van der Waals surface area contributed by atoms with Gasteiger partial charge in [0.05, 0.1) is 11.3 Å². The number of nitrogens with zero attached hydrogens (tertiary/aromatic N) is 2. The van der Waals surface area contributed by atoms with E-state index in [9.17, 15) is 9.90 Å². The van der Waals surface area contributed by atoms with Gasteiger partial charge in [-0.2, -0.15) is 0 Å². The second kappa shape index (κ2) is 5.80. The lowest BCUT2D eigenvalue weighted by Gasteiger charge is -2.38. The fraction of sp³-hybridized carbons (Fsp3) is 0.500. The number of carboxylic acids is 1. The highest BCUT2D eigenvalue weighted by Crippen LogP contribution is 2.26. The van der Waals surface area contributed by atoms with Crippen LogP contribution < -0.4 is 4.90 Å². The second-order valence-corrected chi connectivity index (χ2v) is 5.52. The molecule has 0 radical (unpaired) electrons. The van der Waals surface area contributed by atoms with E-state index >= 15 is 0 Å². The second-order valence-electron chi connectivity index (χ2n) is 5.08. The number of anilines is 1. The molecule has 0 bridgehead atoms. The molecule has 1 aliphatic heterocycles. The Morgan fingerprint density at radius 1 is 1.26 bits per heavy atom. The fourth-order valence-corrected chi connectivity index (χ4v) is 2.59. The summed E-state index contributed by atoms with van der Waals surface area (Å²) in [5.41, 5.74) is 1.05. The van der Waals surface area contributed by atoms with Crippen molar-refractivity contribution >= 4 is 23.3 Å². The van der Waals surface area contributed by atoms with Crippen LogP contribution in [0.5, 0.6) is 0 Å². The van der Waals surface area contributed by atoms with E-state index in [4.69, 9.17) is 11.6 Å². The zero-order chi connectivity index (χ0) is 14.0. The average Bonchev–Trinajstić information content (AvgIpc) is 2.38. The molecule has 1 saturated heterocycles. The highest BCUT2D eigenvalue weighted by atomic mass is 35.5. The molecular weight excluding hydrogens is 264 g/mol. The third-order valence-corrected chi connectivity index (χ3v) is 3.81. The monoisotopic (exact) mass is 282 g/mol. The van der Waals surface area contributed by atoms with Gasteiger partial charge in [0.1, 0.15) is 0 Å². The number of hydrogen-bond donors (Lipinski definition) is 1. The van der Waals surface area contributed by atoms with Crippen LogP contribution in [-0.4, -0.2) is 48.2 Å². The van der Waals surface area contributed by atoms with Gasteiger partial charge in [0.2, 0.25) is 0 Å². The lowest BCUT2D eigenvalue weighted by Crippen LogP contribution is -2.49. The Labute approximate surface area is 118 Å². The van der Waals surface area contributed by atoms with Crippen molar-refractivity contribution in [3.63, 3.8) is 0 Å². The summed E-state index contributed by atoms with van der Waals surface area (Å²) in [4.78, 5) is 15.8. The minimum atomic E-state index is -0.905. The first kappa shape index (κ1) is 14.2. The molecular formula is C14H19ClN2O2.